The number of amides is 2. The summed E-state index contributed by atoms with van der Waals surface area (Å²) in [4.78, 5) is 31.0. The second-order valence-electron chi connectivity index (χ2n) is 7.98. The van der Waals surface area contributed by atoms with Crippen LogP contribution in [0.25, 0.3) is 0 Å². The van der Waals surface area contributed by atoms with Gasteiger partial charge in [-0.25, -0.2) is 4.39 Å². The Balaban J connectivity index is 0.00000272. The van der Waals surface area contributed by atoms with Gasteiger partial charge in [-0.15, -0.1) is 24.0 Å². The number of hydrogen-bond acceptors (Lipinski definition) is 4. The maximum atomic E-state index is 13.1. The molecular formula is C22H28FIN4O3. The third kappa shape index (κ3) is 4.62. The molecule has 2 aliphatic carbocycles. The fourth-order valence-electron chi connectivity index (χ4n) is 4.90. The van der Waals surface area contributed by atoms with Crippen LogP contribution in [0.15, 0.2) is 41.4 Å². The first-order valence-corrected chi connectivity index (χ1v) is 10.3. The molecule has 1 aromatic carbocycles. The zero-order valence-corrected chi connectivity index (χ0v) is 19.9. The van der Waals surface area contributed by atoms with Gasteiger partial charge in [0.05, 0.1) is 17.9 Å². The molecule has 3 aliphatic rings. The molecule has 7 nitrogen and oxygen atoms in total. The molecule has 2 fully saturated rings. The van der Waals surface area contributed by atoms with E-state index >= 15 is 0 Å². The number of ether oxygens (including phenoxy) is 1. The van der Waals surface area contributed by atoms with E-state index < -0.39 is 0 Å². The van der Waals surface area contributed by atoms with Gasteiger partial charge in [0, 0.05) is 33.8 Å². The Bertz CT molecular complexity index is 846. The van der Waals surface area contributed by atoms with Crippen LogP contribution in [0.3, 0.4) is 0 Å². The highest BCUT2D eigenvalue weighted by atomic mass is 127. The van der Waals surface area contributed by atoms with Crippen LogP contribution in [-0.4, -0.2) is 56.5 Å². The second-order valence-corrected chi connectivity index (χ2v) is 7.98. The van der Waals surface area contributed by atoms with Gasteiger partial charge in [0.25, 0.3) is 0 Å². The maximum absolute atomic E-state index is 13.1. The van der Waals surface area contributed by atoms with Gasteiger partial charge in [-0.05, 0) is 36.0 Å². The number of hydrogen-bond donors (Lipinski definition) is 2. The molecule has 5 unspecified atom stereocenters. The van der Waals surface area contributed by atoms with Crippen LogP contribution in [0.5, 0.6) is 0 Å². The largest absolute Gasteiger partial charge is 0.375 e. The van der Waals surface area contributed by atoms with Crippen LogP contribution < -0.4 is 10.6 Å². The van der Waals surface area contributed by atoms with Crippen LogP contribution in [0.2, 0.25) is 0 Å². The number of likely N-dealkylation sites (tertiary alicyclic amines) is 1. The molecule has 0 spiro atoms. The summed E-state index contributed by atoms with van der Waals surface area (Å²) in [5.74, 6) is 0.289. The average Bonchev–Trinajstić information content (AvgIpc) is 3.43. The summed E-state index contributed by atoms with van der Waals surface area (Å²) in [7, 11) is 3.24. The fraction of sp³-hybridized carbons (Fsp3) is 0.500. The summed E-state index contributed by atoms with van der Waals surface area (Å²) in [5, 5.41) is 6.31. The van der Waals surface area contributed by atoms with Gasteiger partial charge in [0.15, 0.2) is 5.96 Å². The molecule has 0 radical (unpaired) electrons. The molecule has 4 rings (SSSR count). The van der Waals surface area contributed by atoms with Gasteiger partial charge in [-0.2, -0.15) is 0 Å². The summed E-state index contributed by atoms with van der Waals surface area (Å²) in [5.41, 5.74) is 0.852. The zero-order valence-electron chi connectivity index (χ0n) is 17.6. The molecule has 1 saturated carbocycles. The zero-order chi connectivity index (χ0) is 21.3. The minimum atomic E-state index is -0.294. The number of nitrogens with zero attached hydrogens (tertiary/aromatic N) is 2. The van der Waals surface area contributed by atoms with E-state index in [1.807, 2.05) is 0 Å². The lowest BCUT2D eigenvalue weighted by atomic mass is 9.85. The highest BCUT2D eigenvalue weighted by Crippen LogP contribution is 2.52. The highest BCUT2D eigenvalue weighted by molar-refractivity contribution is 14.0. The van der Waals surface area contributed by atoms with Crippen molar-refractivity contribution in [2.75, 3.05) is 33.8 Å². The molecule has 1 saturated heterocycles. The molecule has 1 heterocycles. The first-order valence-electron chi connectivity index (χ1n) is 10.3. The van der Waals surface area contributed by atoms with Crippen LogP contribution in [0.1, 0.15) is 18.1 Å². The third-order valence-corrected chi connectivity index (χ3v) is 6.39. The normalized spacial score (nSPS) is 27.3. The summed E-state index contributed by atoms with van der Waals surface area (Å²) >= 11 is 0. The number of carbonyl (C=O) groups is 2. The fourth-order valence-corrected chi connectivity index (χ4v) is 4.90. The molecule has 5 atom stereocenters. The monoisotopic (exact) mass is 542 g/mol. The Hall–Kier alpha value is -2.01. The van der Waals surface area contributed by atoms with Crippen molar-refractivity contribution in [2.45, 2.75) is 12.5 Å². The van der Waals surface area contributed by atoms with Crippen molar-refractivity contribution < 1.29 is 18.7 Å². The second kappa shape index (κ2) is 10.1. The number of allylic oxidation sites excluding steroid dienone is 2. The molecule has 2 amide bonds. The van der Waals surface area contributed by atoms with Crippen molar-refractivity contribution in [2.24, 2.45) is 28.7 Å². The summed E-state index contributed by atoms with van der Waals surface area (Å²) in [6.07, 6.45) is 4.85. The van der Waals surface area contributed by atoms with Gasteiger partial charge < -0.3 is 15.4 Å². The molecule has 2 N–H and O–H groups in total. The summed E-state index contributed by atoms with van der Waals surface area (Å²) < 4.78 is 18.6. The van der Waals surface area contributed by atoms with Crippen LogP contribution in [0.4, 0.5) is 4.39 Å². The van der Waals surface area contributed by atoms with Gasteiger partial charge in [0.2, 0.25) is 11.8 Å². The lowest BCUT2D eigenvalue weighted by molar-refractivity contribution is -0.140. The quantitative estimate of drug-likeness (QED) is 0.181. The Labute approximate surface area is 198 Å². The van der Waals surface area contributed by atoms with Crippen molar-refractivity contribution in [3.8, 4) is 0 Å². The van der Waals surface area contributed by atoms with Crippen LogP contribution in [-0.2, 0) is 14.3 Å². The lowest BCUT2D eigenvalue weighted by Gasteiger charge is -2.20. The first-order chi connectivity index (χ1) is 14.5. The number of rotatable bonds is 7. The van der Waals surface area contributed by atoms with Gasteiger partial charge in [-0.3, -0.25) is 19.5 Å². The smallest absolute Gasteiger partial charge is 0.233 e. The predicted octanol–water partition coefficient (Wildman–Crippen LogP) is 2.10. The number of benzene rings is 1. The highest BCUT2D eigenvalue weighted by Gasteiger charge is 2.58. The molecule has 2 bridgehead atoms. The summed E-state index contributed by atoms with van der Waals surface area (Å²) in [6, 6.07) is 6.17. The van der Waals surface area contributed by atoms with E-state index in [2.05, 4.69) is 27.8 Å². The topological polar surface area (TPSA) is 83.0 Å². The number of fused-ring (bicyclic) bond motifs is 5. The first kappa shape index (κ1) is 23.6. The van der Waals surface area contributed by atoms with Crippen molar-refractivity contribution in [3.63, 3.8) is 0 Å². The lowest BCUT2D eigenvalue weighted by Crippen LogP contribution is -2.44. The number of imide groups is 1. The van der Waals surface area contributed by atoms with E-state index in [0.717, 1.165) is 12.0 Å². The average molecular weight is 542 g/mol. The van der Waals surface area contributed by atoms with Crippen molar-refractivity contribution in [3.05, 3.63) is 47.8 Å². The Morgan fingerprint density at radius 1 is 1.16 bits per heavy atom. The van der Waals surface area contributed by atoms with Crippen molar-refractivity contribution in [1.82, 2.24) is 15.5 Å². The van der Waals surface area contributed by atoms with Gasteiger partial charge in [0.1, 0.15) is 5.82 Å². The minimum absolute atomic E-state index is 0. The van der Waals surface area contributed by atoms with Crippen molar-refractivity contribution in [1.29, 1.82) is 0 Å². The minimum Gasteiger partial charge on any atom is -0.375 e. The van der Waals surface area contributed by atoms with Gasteiger partial charge in [-0.1, -0.05) is 24.3 Å². The number of guanidine groups is 1. The molecule has 168 valence electrons. The molecule has 9 heteroatoms. The summed E-state index contributed by atoms with van der Waals surface area (Å²) in [6.45, 7) is 1.16. The Morgan fingerprint density at radius 2 is 1.77 bits per heavy atom. The van der Waals surface area contributed by atoms with E-state index in [0.29, 0.717) is 25.6 Å². The molecule has 0 aromatic heterocycles. The number of carbonyl (C=O) groups excluding carboxylic acids is 2. The number of nitrogens with one attached hydrogen (secondary N) is 2. The van der Waals surface area contributed by atoms with E-state index in [4.69, 9.17) is 4.74 Å². The molecular weight excluding hydrogens is 514 g/mol. The molecule has 1 aromatic rings. The molecule has 1 aliphatic heterocycles. The third-order valence-electron chi connectivity index (χ3n) is 6.39. The van der Waals surface area contributed by atoms with E-state index in [1.165, 1.54) is 17.0 Å². The standard InChI is InChI=1S/C22H27FN4O3.HI/c1-24-22(26-12-17(30-2)13-5-7-16(23)8-6-13)25-9-10-27-20(28)18-14-3-4-15(11-14)19(18)21(27)29;/h3-8,14-15,17-19H,9-12H2,1-2H3,(H2,24,25,26);1H. The van der Waals surface area contributed by atoms with Crippen molar-refractivity contribution >= 4 is 41.8 Å². The maximum Gasteiger partial charge on any atom is 0.233 e. The van der Waals surface area contributed by atoms with E-state index in [-0.39, 0.29) is 71.4 Å². The van der Waals surface area contributed by atoms with E-state index in [1.54, 1.807) is 26.3 Å². The SMILES string of the molecule is CN=C(NCCN1C(=O)C2C3C=CC(C3)C2C1=O)NCC(OC)c1ccc(F)cc1.I. The number of halogens is 2. The van der Waals surface area contributed by atoms with E-state index in [9.17, 15) is 14.0 Å². The number of methoxy groups -OCH3 is 1. The predicted molar refractivity (Wildman–Crippen MR) is 125 cm³/mol. The Morgan fingerprint density at radius 3 is 2.32 bits per heavy atom. The molecule has 31 heavy (non-hydrogen) atoms. The van der Waals surface area contributed by atoms with Gasteiger partial charge >= 0.3 is 0 Å². The Kier molecular flexibility index (Phi) is 7.68. The number of aliphatic imine (C=N–C) groups is 1. The van der Waals surface area contributed by atoms with Crippen LogP contribution >= 0.6 is 24.0 Å². The van der Waals surface area contributed by atoms with Crippen LogP contribution in [0, 0.1) is 29.5 Å².